The van der Waals surface area contributed by atoms with Gasteiger partial charge in [-0.3, -0.25) is 0 Å². The zero-order valence-corrected chi connectivity index (χ0v) is 8.27. The third kappa shape index (κ3) is 1.74. The Morgan fingerprint density at radius 2 is 2.43 bits per heavy atom. The van der Waals surface area contributed by atoms with Crippen molar-refractivity contribution in [2.45, 2.75) is 6.04 Å². The minimum atomic E-state index is -3.03. The molecule has 1 aliphatic heterocycles. The van der Waals surface area contributed by atoms with Gasteiger partial charge in [-0.25, -0.2) is 13.1 Å². The molecule has 0 radical (unpaired) electrons. The van der Waals surface area contributed by atoms with Crippen LogP contribution >= 0.6 is 0 Å². The molecule has 7 nitrogen and oxygen atoms in total. The number of tetrazole rings is 1. The van der Waals surface area contributed by atoms with Gasteiger partial charge in [-0.05, 0) is 16.5 Å². The lowest BCUT2D eigenvalue weighted by Gasteiger charge is -2.08. The molecule has 0 fully saturated rings. The number of aromatic nitrogens is 4. The van der Waals surface area contributed by atoms with E-state index >= 15 is 0 Å². The molecule has 1 aromatic rings. The van der Waals surface area contributed by atoms with Crippen LogP contribution < -0.4 is 5.32 Å². The van der Waals surface area contributed by atoms with Crippen LogP contribution in [-0.4, -0.2) is 40.4 Å². The van der Waals surface area contributed by atoms with Crippen molar-refractivity contribution in [2.24, 2.45) is 7.05 Å². The fraction of sp³-hybridized carbons (Fsp3) is 0.500. The van der Waals surface area contributed by atoms with E-state index in [-0.39, 0.29) is 11.8 Å². The van der Waals surface area contributed by atoms with Gasteiger partial charge in [0.25, 0.3) is 0 Å². The minimum Gasteiger partial charge on any atom is -0.346 e. The van der Waals surface area contributed by atoms with Crippen LogP contribution in [0.2, 0.25) is 0 Å². The number of anilines is 1. The van der Waals surface area contributed by atoms with Gasteiger partial charge in [0, 0.05) is 12.5 Å². The molecule has 8 heteroatoms. The highest BCUT2D eigenvalue weighted by atomic mass is 32.2. The number of sulfone groups is 1. The zero-order chi connectivity index (χ0) is 10.2. The van der Waals surface area contributed by atoms with Gasteiger partial charge in [0.1, 0.15) is 0 Å². The van der Waals surface area contributed by atoms with E-state index in [0.717, 1.165) is 0 Å². The number of hydrogen-bond donors (Lipinski definition) is 1. The first-order valence-electron chi connectivity index (χ1n) is 3.97. The Kier molecular flexibility index (Phi) is 1.99. The molecule has 0 saturated carbocycles. The predicted molar refractivity (Wildman–Crippen MR) is 49.1 cm³/mol. The van der Waals surface area contributed by atoms with Gasteiger partial charge in [-0.1, -0.05) is 5.10 Å². The van der Waals surface area contributed by atoms with E-state index in [1.54, 1.807) is 13.1 Å². The fourth-order valence-electron chi connectivity index (χ4n) is 1.18. The summed E-state index contributed by atoms with van der Waals surface area (Å²) in [5.74, 6) is 0.511. The van der Waals surface area contributed by atoms with Crippen LogP contribution in [0, 0.1) is 0 Å². The Morgan fingerprint density at radius 3 is 2.93 bits per heavy atom. The average molecular weight is 215 g/mol. The third-order valence-electron chi connectivity index (χ3n) is 1.86. The minimum absolute atomic E-state index is 0.0554. The van der Waals surface area contributed by atoms with Gasteiger partial charge in [0.05, 0.1) is 11.8 Å². The van der Waals surface area contributed by atoms with E-state index in [0.29, 0.717) is 5.95 Å². The summed E-state index contributed by atoms with van der Waals surface area (Å²) in [4.78, 5) is 0. The maximum absolute atomic E-state index is 11.1. The lowest BCUT2D eigenvalue weighted by Crippen LogP contribution is -2.22. The Bertz CT molecular complexity index is 462. The molecule has 14 heavy (non-hydrogen) atoms. The van der Waals surface area contributed by atoms with Crippen LogP contribution in [0.5, 0.6) is 0 Å². The molecule has 1 unspecified atom stereocenters. The van der Waals surface area contributed by atoms with Crippen molar-refractivity contribution >= 4 is 15.8 Å². The van der Waals surface area contributed by atoms with E-state index in [1.807, 2.05) is 0 Å². The largest absolute Gasteiger partial charge is 0.346 e. The van der Waals surface area contributed by atoms with E-state index in [1.165, 1.54) is 10.1 Å². The van der Waals surface area contributed by atoms with Crippen molar-refractivity contribution in [2.75, 3.05) is 11.1 Å². The summed E-state index contributed by atoms with van der Waals surface area (Å²) in [6.07, 6.45) is 1.59. The lowest BCUT2D eigenvalue weighted by molar-refractivity contribution is 0.605. The van der Waals surface area contributed by atoms with E-state index < -0.39 is 9.84 Å². The number of nitrogens with zero attached hydrogens (tertiary/aromatic N) is 4. The smallest absolute Gasteiger partial charge is 0.243 e. The summed E-state index contributed by atoms with van der Waals surface area (Å²) in [5, 5.41) is 14.8. The molecule has 0 aromatic carbocycles. The summed E-state index contributed by atoms with van der Waals surface area (Å²) < 4.78 is 23.6. The Labute approximate surface area is 80.7 Å². The van der Waals surface area contributed by atoms with E-state index in [4.69, 9.17) is 0 Å². The lowest BCUT2D eigenvalue weighted by atomic mass is 10.3. The quantitative estimate of drug-likeness (QED) is 0.675. The molecule has 0 saturated heterocycles. The summed E-state index contributed by atoms with van der Waals surface area (Å²) >= 11 is 0. The van der Waals surface area contributed by atoms with E-state index in [9.17, 15) is 8.42 Å². The maximum Gasteiger partial charge on any atom is 0.243 e. The van der Waals surface area contributed by atoms with Gasteiger partial charge in [0.2, 0.25) is 5.95 Å². The molecule has 76 valence electrons. The molecule has 0 bridgehead atoms. The molecular weight excluding hydrogens is 206 g/mol. The first kappa shape index (κ1) is 9.13. The average Bonchev–Trinajstić information content (AvgIpc) is 2.61. The predicted octanol–water partition coefficient (Wildman–Crippen LogP) is -1.07. The van der Waals surface area contributed by atoms with Crippen molar-refractivity contribution in [3.63, 3.8) is 0 Å². The first-order chi connectivity index (χ1) is 6.57. The SMILES string of the molecule is Cn1nnnc1NC1C=CS(=O)(=O)C1. The topological polar surface area (TPSA) is 89.8 Å². The van der Waals surface area contributed by atoms with Crippen LogP contribution in [0.15, 0.2) is 11.5 Å². The molecule has 1 aromatic heterocycles. The first-order valence-corrected chi connectivity index (χ1v) is 5.68. The molecule has 0 aliphatic carbocycles. The maximum atomic E-state index is 11.1. The standard InChI is InChI=1S/C6H9N5O2S/c1-11-6(8-9-10-11)7-5-2-3-14(12,13)4-5/h2-3,5H,4H2,1H3,(H,7,8,10). The molecule has 2 heterocycles. The van der Waals surface area contributed by atoms with Crippen molar-refractivity contribution in [3.8, 4) is 0 Å². The molecular formula is C6H9N5O2S. The molecule has 0 spiro atoms. The fourth-order valence-corrected chi connectivity index (χ4v) is 2.42. The van der Waals surface area contributed by atoms with Crippen molar-refractivity contribution in [1.82, 2.24) is 20.2 Å². The molecule has 1 atom stereocenters. The molecule has 0 amide bonds. The second-order valence-electron chi connectivity index (χ2n) is 3.03. The highest BCUT2D eigenvalue weighted by Gasteiger charge is 2.22. The van der Waals surface area contributed by atoms with Crippen LogP contribution in [0.25, 0.3) is 0 Å². The summed E-state index contributed by atoms with van der Waals surface area (Å²) in [5.41, 5.74) is 0. The monoisotopic (exact) mass is 215 g/mol. The summed E-state index contributed by atoms with van der Waals surface area (Å²) in [7, 11) is -1.36. The molecule has 1 N–H and O–H groups in total. The second kappa shape index (κ2) is 3.05. The second-order valence-corrected chi connectivity index (χ2v) is 4.97. The van der Waals surface area contributed by atoms with Crippen LogP contribution in [0.4, 0.5) is 5.95 Å². The molecule has 1 aliphatic rings. The Morgan fingerprint density at radius 1 is 1.64 bits per heavy atom. The van der Waals surface area contributed by atoms with Gasteiger partial charge in [0.15, 0.2) is 9.84 Å². The Hall–Kier alpha value is -1.44. The van der Waals surface area contributed by atoms with Gasteiger partial charge in [-0.2, -0.15) is 0 Å². The van der Waals surface area contributed by atoms with E-state index in [2.05, 4.69) is 20.8 Å². The number of nitrogens with one attached hydrogen (secondary N) is 1. The number of rotatable bonds is 2. The van der Waals surface area contributed by atoms with Gasteiger partial charge >= 0.3 is 0 Å². The van der Waals surface area contributed by atoms with Gasteiger partial charge in [-0.15, -0.1) is 0 Å². The van der Waals surface area contributed by atoms with Gasteiger partial charge < -0.3 is 5.32 Å². The normalized spacial score (nSPS) is 23.9. The van der Waals surface area contributed by atoms with Crippen LogP contribution in [0.3, 0.4) is 0 Å². The van der Waals surface area contributed by atoms with Crippen LogP contribution in [-0.2, 0) is 16.9 Å². The van der Waals surface area contributed by atoms with Crippen molar-refractivity contribution < 1.29 is 8.42 Å². The Balaban J connectivity index is 2.09. The third-order valence-corrected chi connectivity index (χ3v) is 3.26. The number of hydrogen-bond acceptors (Lipinski definition) is 6. The number of aryl methyl sites for hydroxylation is 1. The van der Waals surface area contributed by atoms with Crippen molar-refractivity contribution in [1.29, 1.82) is 0 Å². The van der Waals surface area contributed by atoms with Crippen molar-refractivity contribution in [3.05, 3.63) is 11.5 Å². The highest BCUT2D eigenvalue weighted by Crippen LogP contribution is 2.11. The zero-order valence-electron chi connectivity index (χ0n) is 7.45. The van der Waals surface area contributed by atoms with Crippen LogP contribution in [0.1, 0.15) is 0 Å². The highest BCUT2D eigenvalue weighted by molar-refractivity contribution is 7.94. The summed E-state index contributed by atoms with van der Waals surface area (Å²) in [6.45, 7) is 0. The molecule has 2 rings (SSSR count). The summed E-state index contributed by atoms with van der Waals surface area (Å²) in [6, 6.07) is -0.246.